The zero-order chi connectivity index (χ0) is 13.9. The van der Waals surface area contributed by atoms with Crippen LogP contribution in [0.5, 0.6) is 0 Å². The number of sulfonamides is 1. The van der Waals surface area contributed by atoms with Gasteiger partial charge in [-0.15, -0.1) is 0 Å². The van der Waals surface area contributed by atoms with Crippen LogP contribution in [0.15, 0.2) is 18.2 Å². The molecule has 0 aliphatic heterocycles. The topological polar surface area (TPSA) is 74.7 Å². The molecule has 0 saturated heterocycles. The number of carbonyl (C=O) groups is 1. The molecular formula is C12H17NO4S. The van der Waals surface area contributed by atoms with E-state index in [0.717, 1.165) is 15.4 Å². The summed E-state index contributed by atoms with van der Waals surface area (Å²) in [5.74, 6) is -1.51. The van der Waals surface area contributed by atoms with E-state index in [4.69, 9.17) is 5.11 Å². The number of hydrogen-bond donors (Lipinski definition) is 1. The van der Waals surface area contributed by atoms with Crippen LogP contribution in [-0.4, -0.2) is 32.3 Å². The normalized spacial score (nSPS) is 11.3. The molecular weight excluding hydrogens is 254 g/mol. The summed E-state index contributed by atoms with van der Waals surface area (Å²) in [5, 5.41) is 8.54. The summed E-state index contributed by atoms with van der Waals surface area (Å²) in [6.07, 6.45) is -0.391. The lowest BCUT2D eigenvalue weighted by Gasteiger charge is -2.21. The average molecular weight is 271 g/mol. The molecule has 0 saturated carbocycles. The second-order valence-corrected chi connectivity index (χ2v) is 6.34. The molecule has 0 aliphatic carbocycles. The quantitative estimate of drug-likeness (QED) is 0.881. The molecule has 0 aromatic heterocycles. The average Bonchev–Trinajstić information content (AvgIpc) is 2.29. The molecule has 0 bridgehead atoms. The van der Waals surface area contributed by atoms with Crippen molar-refractivity contribution >= 4 is 21.7 Å². The van der Waals surface area contributed by atoms with Crippen molar-refractivity contribution in [3.8, 4) is 0 Å². The Hall–Kier alpha value is -1.56. The molecule has 0 aliphatic rings. The molecule has 18 heavy (non-hydrogen) atoms. The van der Waals surface area contributed by atoms with Gasteiger partial charge in [0.1, 0.15) is 0 Å². The van der Waals surface area contributed by atoms with Crippen LogP contribution < -0.4 is 4.31 Å². The Labute approximate surface area is 107 Å². The molecule has 6 heteroatoms. The number of aliphatic carboxylic acids is 1. The lowest BCUT2D eigenvalue weighted by molar-refractivity contribution is -0.136. The Morgan fingerprint density at radius 3 is 2.50 bits per heavy atom. The van der Waals surface area contributed by atoms with Crippen LogP contribution in [0.25, 0.3) is 0 Å². The number of rotatable bonds is 5. The Kier molecular flexibility index (Phi) is 4.34. The predicted octanol–water partition coefficient (Wildman–Crippen LogP) is 1.54. The van der Waals surface area contributed by atoms with Gasteiger partial charge >= 0.3 is 5.97 Å². The van der Waals surface area contributed by atoms with Gasteiger partial charge in [-0.2, -0.15) is 0 Å². The van der Waals surface area contributed by atoms with Gasteiger partial charge < -0.3 is 5.11 Å². The van der Waals surface area contributed by atoms with Crippen molar-refractivity contribution < 1.29 is 18.3 Å². The first kappa shape index (κ1) is 14.5. The maximum atomic E-state index is 12.0. The standard InChI is InChI=1S/C12H17NO4S/c1-9-4-5-10(2)11(8-9)13(3)18(16,17)7-6-12(14)15/h4-5,8H,6-7H2,1-3H3,(H,14,15). The number of aryl methyl sites for hydroxylation is 2. The molecule has 0 spiro atoms. The summed E-state index contributed by atoms with van der Waals surface area (Å²) in [5.41, 5.74) is 2.37. The summed E-state index contributed by atoms with van der Waals surface area (Å²) in [4.78, 5) is 10.4. The Balaban J connectivity index is 3.02. The number of anilines is 1. The first-order chi connectivity index (χ1) is 8.24. The highest BCUT2D eigenvalue weighted by Crippen LogP contribution is 2.23. The second kappa shape index (κ2) is 5.39. The van der Waals surface area contributed by atoms with Crippen LogP contribution in [0.2, 0.25) is 0 Å². The van der Waals surface area contributed by atoms with Gasteiger partial charge in [-0.25, -0.2) is 8.42 Å². The lowest BCUT2D eigenvalue weighted by atomic mass is 10.1. The van der Waals surface area contributed by atoms with Crippen LogP contribution in [0.4, 0.5) is 5.69 Å². The molecule has 1 N–H and O–H groups in total. The minimum Gasteiger partial charge on any atom is -0.481 e. The van der Waals surface area contributed by atoms with Crippen LogP contribution in [0, 0.1) is 13.8 Å². The first-order valence-electron chi connectivity index (χ1n) is 5.49. The third-order valence-corrected chi connectivity index (χ3v) is 4.45. The van der Waals surface area contributed by atoms with Crippen molar-refractivity contribution in [1.82, 2.24) is 0 Å². The van der Waals surface area contributed by atoms with Gasteiger partial charge in [0.05, 0.1) is 17.9 Å². The van der Waals surface area contributed by atoms with Crippen molar-refractivity contribution in [2.75, 3.05) is 17.1 Å². The van der Waals surface area contributed by atoms with Crippen molar-refractivity contribution in [2.45, 2.75) is 20.3 Å². The van der Waals surface area contributed by atoms with E-state index in [-0.39, 0.29) is 0 Å². The summed E-state index contributed by atoms with van der Waals surface area (Å²) in [6, 6.07) is 5.51. The monoisotopic (exact) mass is 271 g/mol. The number of nitrogens with zero attached hydrogens (tertiary/aromatic N) is 1. The van der Waals surface area contributed by atoms with Gasteiger partial charge in [0, 0.05) is 7.05 Å². The molecule has 1 aromatic carbocycles. The van der Waals surface area contributed by atoms with E-state index < -0.39 is 28.2 Å². The first-order valence-corrected chi connectivity index (χ1v) is 7.10. The molecule has 0 radical (unpaired) electrons. The van der Waals surface area contributed by atoms with Gasteiger partial charge in [-0.1, -0.05) is 12.1 Å². The van der Waals surface area contributed by atoms with Gasteiger partial charge in [0.2, 0.25) is 10.0 Å². The maximum Gasteiger partial charge on any atom is 0.304 e. The van der Waals surface area contributed by atoms with Gasteiger partial charge in [0.15, 0.2) is 0 Å². The van der Waals surface area contributed by atoms with E-state index in [0.29, 0.717) is 5.69 Å². The van der Waals surface area contributed by atoms with Crippen LogP contribution in [0.3, 0.4) is 0 Å². The smallest absolute Gasteiger partial charge is 0.304 e. The lowest BCUT2D eigenvalue weighted by Crippen LogP contribution is -2.30. The molecule has 5 nitrogen and oxygen atoms in total. The number of hydrogen-bond acceptors (Lipinski definition) is 3. The zero-order valence-corrected chi connectivity index (χ0v) is 11.5. The fourth-order valence-corrected chi connectivity index (χ4v) is 2.76. The van der Waals surface area contributed by atoms with Crippen LogP contribution in [-0.2, 0) is 14.8 Å². The van der Waals surface area contributed by atoms with Crippen molar-refractivity contribution in [2.24, 2.45) is 0 Å². The predicted molar refractivity (Wildman–Crippen MR) is 70.4 cm³/mol. The third kappa shape index (κ3) is 3.46. The van der Waals surface area contributed by atoms with Gasteiger partial charge in [0.25, 0.3) is 0 Å². The van der Waals surface area contributed by atoms with Crippen LogP contribution in [0.1, 0.15) is 17.5 Å². The fourth-order valence-electron chi connectivity index (χ4n) is 1.56. The highest BCUT2D eigenvalue weighted by Gasteiger charge is 2.20. The Bertz CT molecular complexity index is 551. The zero-order valence-electron chi connectivity index (χ0n) is 10.7. The minimum atomic E-state index is -3.60. The van der Waals surface area contributed by atoms with E-state index in [1.165, 1.54) is 7.05 Å². The SMILES string of the molecule is Cc1ccc(C)c(N(C)S(=O)(=O)CCC(=O)O)c1. The molecule has 0 heterocycles. The molecule has 0 fully saturated rings. The number of carboxylic acids is 1. The van der Waals surface area contributed by atoms with Crippen molar-refractivity contribution in [3.05, 3.63) is 29.3 Å². The largest absolute Gasteiger partial charge is 0.481 e. The van der Waals surface area contributed by atoms with Gasteiger partial charge in [-0.05, 0) is 31.0 Å². The molecule has 0 atom stereocenters. The van der Waals surface area contributed by atoms with E-state index in [1.807, 2.05) is 26.0 Å². The summed E-state index contributed by atoms with van der Waals surface area (Å²) < 4.78 is 25.1. The highest BCUT2D eigenvalue weighted by molar-refractivity contribution is 7.92. The number of benzene rings is 1. The summed E-state index contributed by atoms with van der Waals surface area (Å²) >= 11 is 0. The van der Waals surface area contributed by atoms with Crippen molar-refractivity contribution in [1.29, 1.82) is 0 Å². The van der Waals surface area contributed by atoms with E-state index in [2.05, 4.69) is 0 Å². The number of carboxylic acid groups (broad SMARTS) is 1. The highest BCUT2D eigenvalue weighted by atomic mass is 32.2. The fraction of sp³-hybridized carbons (Fsp3) is 0.417. The maximum absolute atomic E-state index is 12.0. The van der Waals surface area contributed by atoms with E-state index >= 15 is 0 Å². The molecule has 1 aromatic rings. The van der Waals surface area contributed by atoms with Crippen LogP contribution >= 0.6 is 0 Å². The summed E-state index contributed by atoms with van der Waals surface area (Å²) in [7, 11) is -2.15. The van der Waals surface area contributed by atoms with Gasteiger partial charge in [-0.3, -0.25) is 9.10 Å². The minimum absolute atomic E-state index is 0.391. The van der Waals surface area contributed by atoms with E-state index in [9.17, 15) is 13.2 Å². The second-order valence-electron chi connectivity index (χ2n) is 4.22. The Morgan fingerprint density at radius 1 is 1.33 bits per heavy atom. The molecule has 1 rings (SSSR count). The summed E-state index contributed by atoms with van der Waals surface area (Å²) in [6.45, 7) is 3.69. The molecule has 100 valence electrons. The molecule has 0 unspecified atom stereocenters. The third-order valence-electron chi connectivity index (χ3n) is 2.70. The molecule has 0 amide bonds. The Morgan fingerprint density at radius 2 is 1.94 bits per heavy atom. The van der Waals surface area contributed by atoms with Crippen molar-refractivity contribution in [3.63, 3.8) is 0 Å². The van der Waals surface area contributed by atoms with E-state index in [1.54, 1.807) is 6.07 Å².